The standard InChI is InChI=1S/C11H21NO2/c1-9-6-12(7-10(2)14-9)8-11(13)4-3-5-11/h9-10,13H,3-8H2,1-2H3. The number of nitrogens with zero attached hydrogens (tertiary/aromatic N) is 1. The van der Waals surface area contributed by atoms with Gasteiger partial charge in [-0.3, -0.25) is 4.90 Å². The molecule has 2 fully saturated rings. The van der Waals surface area contributed by atoms with Crippen molar-refractivity contribution in [3.8, 4) is 0 Å². The summed E-state index contributed by atoms with van der Waals surface area (Å²) < 4.78 is 5.66. The van der Waals surface area contributed by atoms with Gasteiger partial charge in [-0.1, -0.05) is 0 Å². The van der Waals surface area contributed by atoms with Crippen molar-refractivity contribution in [2.75, 3.05) is 19.6 Å². The highest BCUT2D eigenvalue weighted by Crippen LogP contribution is 2.32. The highest BCUT2D eigenvalue weighted by molar-refractivity contribution is 4.91. The molecule has 1 saturated heterocycles. The van der Waals surface area contributed by atoms with Gasteiger partial charge in [0.1, 0.15) is 0 Å². The lowest BCUT2D eigenvalue weighted by Crippen LogP contribution is -2.54. The molecule has 0 radical (unpaired) electrons. The quantitative estimate of drug-likeness (QED) is 0.720. The summed E-state index contributed by atoms with van der Waals surface area (Å²) >= 11 is 0. The van der Waals surface area contributed by atoms with Crippen LogP contribution in [0.3, 0.4) is 0 Å². The van der Waals surface area contributed by atoms with Crippen LogP contribution in [0.2, 0.25) is 0 Å². The first-order valence-electron chi connectivity index (χ1n) is 5.68. The summed E-state index contributed by atoms with van der Waals surface area (Å²) in [5.74, 6) is 0. The topological polar surface area (TPSA) is 32.7 Å². The molecule has 2 unspecified atom stereocenters. The maximum atomic E-state index is 10.1. The molecule has 1 heterocycles. The summed E-state index contributed by atoms with van der Waals surface area (Å²) in [6, 6.07) is 0. The van der Waals surface area contributed by atoms with E-state index in [1.165, 1.54) is 6.42 Å². The van der Waals surface area contributed by atoms with E-state index in [0.29, 0.717) is 12.2 Å². The molecule has 3 nitrogen and oxygen atoms in total. The van der Waals surface area contributed by atoms with Gasteiger partial charge in [0.2, 0.25) is 0 Å². The van der Waals surface area contributed by atoms with Gasteiger partial charge in [0.15, 0.2) is 0 Å². The average molecular weight is 199 g/mol. The summed E-state index contributed by atoms with van der Waals surface area (Å²) in [4.78, 5) is 2.35. The normalized spacial score (nSPS) is 37.9. The predicted molar refractivity (Wildman–Crippen MR) is 55.2 cm³/mol. The Hall–Kier alpha value is -0.120. The SMILES string of the molecule is CC1CN(CC2(O)CCC2)CC(C)O1. The molecule has 3 heteroatoms. The number of rotatable bonds is 2. The number of hydrogen-bond donors (Lipinski definition) is 1. The van der Waals surface area contributed by atoms with Crippen molar-refractivity contribution in [3.63, 3.8) is 0 Å². The summed E-state index contributed by atoms with van der Waals surface area (Å²) in [7, 11) is 0. The van der Waals surface area contributed by atoms with Crippen molar-refractivity contribution >= 4 is 0 Å². The molecule has 1 N–H and O–H groups in total. The summed E-state index contributed by atoms with van der Waals surface area (Å²) in [5, 5.41) is 10.1. The van der Waals surface area contributed by atoms with E-state index in [2.05, 4.69) is 18.7 Å². The van der Waals surface area contributed by atoms with E-state index in [-0.39, 0.29) is 5.60 Å². The van der Waals surface area contributed by atoms with Gasteiger partial charge in [0.25, 0.3) is 0 Å². The van der Waals surface area contributed by atoms with E-state index in [1.807, 2.05) is 0 Å². The van der Waals surface area contributed by atoms with Gasteiger partial charge in [0.05, 0.1) is 17.8 Å². The average Bonchev–Trinajstić information content (AvgIpc) is 1.99. The Labute approximate surface area is 86.0 Å². The first kappa shape index (κ1) is 10.4. The monoisotopic (exact) mass is 199 g/mol. The largest absolute Gasteiger partial charge is 0.389 e. The molecule has 0 spiro atoms. The van der Waals surface area contributed by atoms with Gasteiger partial charge in [-0.15, -0.1) is 0 Å². The number of hydrogen-bond acceptors (Lipinski definition) is 3. The molecular formula is C11H21NO2. The summed E-state index contributed by atoms with van der Waals surface area (Å²) in [6.07, 6.45) is 3.76. The second-order valence-electron chi connectivity index (χ2n) is 5.03. The molecule has 82 valence electrons. The Balaban J connectivity index is 1.84. The van der Waals surface area contributed by atoms with E-state index >= 15 is 0 Å². The van der Waals surface area contributed by atoms with Crippen LogP contribution < -0.4 is 0 Å². The summed E-state index contributed by atoms with van der Waals surface area (Å²) in [6.45, 7) is 6.98. The molecule has 0 aromatic heterocycles. The van der Waals surface area contributed by atoms with E-state index in [4.69, 9.17) is 4.74 Å². The highest BCUT2D eigenvalue weighted by Gasteiger charge is 2.37. The summed E-state index contributed by atoms with van der Waals surface area (Å²) in [5.41, 5.74) is -0.378. The first-order valence-corrected chi connectivity index (χ1v) is 5.68. The van der Waals surface area contributed by atoms with Crippen LogP contribution in [0.15, 0.2) is 0 Å². The third-order valence-corrected chi connectivity index (χ3v) is 3.30. The van der Waals surface area contributed by atoms with E-state index in [9.17, 15) is 5.11 Å². The molecule has 0 amide bonds. The van der Waals surface area contributed by atoms with Crippen LogP contribution in [0.25, 0.3) is 0 Å². The molecule has 2 aliphatic rings. The van der Waals surface area contributed by atoms with Crippen LogP contribution in [0, 0.1) is 0 Å². The minimum absolute atomic E-state index is 0.308. The zero-order chi connectivity index (χ0) is 10.2. The van der Waals surface area contributed by atoms with Crippen LogP contribution in [-0.2, 0) is 4.74 Å². The number of ether oxygens (including phenoxy) is 1. The predicted octanol–water partition coefficient (Wildman–Crippen LogP) is 1.01. The molecule has 0 bridgehead atoms. The van der Waals surface area contributed by atoms with Crippen LogP contribution in [0.1, 0.15) is 33.1 Å². The Morgan fingerprint density at radius 2 is 1.86 bits per heavy atom. The molecule has 2 atom stereocenters. The maximum absolute atomic E-state index is 10.1. The van der Waals surface area contributed by atoms with Crippen LogP contribution in [0.5, 0.6) is 0 Å². The van der Waals surface area contributed by atoms with Crippen LogP contribution in [-0.4, -0.2) is 47.4 Å². The Kier molecular flexibility index (Phi) is 2.82. The molecule has 1 aliphatic heterocycles. The molecule has 1 saturated carbocycles. The minimum atomic E-state index is -0.378. The van der Waals surface area contributed by atoms with Gasteiger partial charge >= 0.3 is 0 Å². The fourth-order valence-corrected chi connectivity index (χ4v) is 2.57. The number of β-amino-alcohol motifs (C(OH)–C–C–N with tert-alkyl or cyclic N) is 1. The van der Waals surface area contributed by atoms with Crippen molar-refractivity contribution in [2.45, 2.75) is 50.9 Å². The van der Waals surface area contributed by atoms with Crippen molar-refractivity contribution in [1.82, 2.24) is 4.90 Å². The molecule has 2 rings (SSSR count). The van der Waals surface area contributed by atoms with Gasteiger partial charge in [0, 0.05) is 19.6 Å². The molecule has 0 aromatic rings. The highest BCUT2D eigenvalue weighted by atomic mass is 16.5. The molecule has 1 aliphatic carbocycles. The van der Waals surface area contributed by atoms with Gasteiger partial charge in [-0.05, 0) is 33.1 Å². The fraction of sp³-hybridized carbons (Fsp3) is 1.00. The van der Waals surface area contributed by atoms with Crippen molar-refractivity contribution in [3.05, 3.63) is 0 Å². The number of morpholine rings is 1. The Morgan fingerprint density at radius 1 is 1.29 bits per heavy atom. The Bertz CT molecular complexity index is 193. The van der Waals surface area contributed by atoms with Gasteiger partial charge in [-0.2, -0.15) is 0 Å². The lowest BCUT2D eigenvalue weighted by molar-refractivity contribution is -0.111. The molecule has 14 heavy (non-hydrogen) atoms. The third-order valence-electron chi connectivity index (χ3n) is 3.30. The van der Waals surface area contributed by atoms with Crippen molar-refractivity contribution in [2.24, 2.45) is 0 Å². The smallest absolute Gasteiger partial charge is 0.0774 e. The lowest BCUT2D eigenvalue weighted by Gasteiger charge is -2.44. The maximum Gasteiger partial charge on any atom is 0.0774 e. The zero-order valence-electron chi connectivity index (χ0n) is 9.20. The van der Waals surface area contributed by atoms with Crippen molar-refractivity contribution in [1.29, 1.82) is 0 Å². The second-order valence-corrected chi connectivity index (χ2v) is 5.03. The van der Waals surface area contributed by atoms with Crippen LogP contribution in [0.4, 0.5) is 0 Å². The van der Waals surface area contributed by atoms with Crippen LogP contribution >= 0.6 is 0 Å². The lowest BCUT2D eigenvalue weighted by atomic mass is 9.80. The number of aliphatic hydroxyl groups is 1. The van der Waals surface area contributed by atoms with E-state index < -0.39 is 0 Å². The minimum Gasteiger partial charge on any atom is -0.389 e. The Morgan fingerprint density at radius 3 is 2.29 bits per heavy atom. The molecule has 0 aromatic carbocycles. The van der Waals surface area contributed by atoms with E-state index in [1.54, 1.807) is 0 Å². The first-order chi connectivity index (χ1) is 6.57. The molecular weight excluding hydrogens is 178 g/mol. The van der Waals surface area contributed by atoms with E-state index in [0.717, 1.165) is 32.5 Å². The fourth-order valence-electron chi connectivity index (χ4n) is 2.57. The van der Waals surface area contributed by atoms with Gasteiger partial charge < -0.3 is 9.84 Å². The third kappa shape index (κ3) is 2.27. The van der Waals surface area contributed by atoms with Gasteiger partial charge in [-0.25, -0.2) is 0 Å². The second kappa shape index (κ2) is 3.80. The zero-order valence-corrected chi connectivity index (χ0v) is 9.20. The van der Waals surface area contributed by atoms with Crippen molar-refractivity contribution < 1.29 is 9.84 Å².